The molecule has 2 aromatic carbocycles. The number of aromatic nitrogens is 1. The third-order valence-corrected chi connectivity index (χ3v) is 5.43. The summed E-state index contributed by atoms with van der Waals surface area (Å²) in [6, 6.07) is 17.8. The van der Waals surface area contributed by atoms with Gasteiger partial charge in [0.05, 0.1) is 4.92 Å². The third-order valence-electron chi connectivity index (χ3n) is 3.13. The largest absolute Gasteiger partial charge is 0.519 e. The Bertz CT molecular complexity index is 919. The van der Waals surface area contributed by atoms with Gasteiger partial charge < -0.3 is 9.47 Å². The van der Waals surface area contributed by atoms with Crippen LogP contribution in [0.15, 0.2) is 82.8 Å². The number of rotatable bonds is 6. The Morgan fingerprint density at radius 1 is 0.889 bits per heavy atom. The number of ether oxygens (including phenoxy) is 2. The molecule has 3 aromatic rings. The van der Waals surface area contributed by atoms with Crippen LogP contribution in [0.4, 0.5) is 10.5 Å². The van der Waals surface area contributed by atoms with Gasteiger partial charge in [0, 0.05) is 23.2 Å². The quantitative estimate of drug-likeness (QED) is 0.179. The van der Waals surface area contributed by atoms with E-state index in [9.17, 15) is 14.9 Å². The molecule has 0 amide bonds. The summed E-state index contributed by atoms with van der Waals surface area (Å²) in [5.74, 6) is 0.485. The Morgan fingerprint density at radius 2 is 1.52 bits per heavy atom. The molecule has 0 bridgehead atoms. The molecule has 0 aliphatic carbocycles. The first-order valence-corrected chi connectivity index (χ1v) is 9.75. The van der Waals surface area contributed by atoms with E-state index in [-0.39, 0.29) is 11.4 Å². The van der Waals surface area contributed by atoms with E-state index in [0.29, 0.717) is 5.75 Å². The molecule has 0 N–H and O–H groups in total. The zero-order valence-electron chi connectivity index (χ0n) is 13.7. The normalized spacial score (nSPS) is 10.2. The van der Waals surface area contributed by atoms with Crippen LogP contribution in [-0.4, -0.2) is 16.1 Å². The molecule has 0 fully saturated rings. The number of nitro benzene ring substituents is 1. The first-order valence-electron chi connectivity index (χ1n) is 7.60. The smallest absolute Gasteiger partial charge is 0.395 e. The molecule has 1 heterocycles. The number of hydrogen-bond acceptors (Lipinski definition) is 8. The minimum Gasteiger partial charge on any atom is -0.395 e. The van der Waals surface area contributed by atoms with E-state index >= 15 is 0 Å². The molecule has 0 atom stereocenters. The molecule has 9 heteroatoms. The highest BCUT2D eigenvalue weighted by Gasteiger charge is 2.10. The minimum atomic E-state index is -0.924. The third kappa shape index (κ3) is 5.73. The molecular formula is C18H12N2O5S2. The van der Waals surface area contributed by atoms with Crippen molar-refractivity contribution in [2.75, 3.05) is 0 Å². The molecule has 136 valence electrons. The Balaban J connectivity index is 1.51. The van der Waals surface area contributed by atoms with Crippen molar-refractivity contribution >= 4 is 33.4 Å². The van der Waals surface area contributed by atoms with Crippen LogP contribution in [0.5, 0.6) is 11.5 Å². The molecular weight excluding hydrogens is 388 g/mol. The van der Waals surface area contributed by atoms with Crippen molar-refractivity contribution in [3.8, 4) is 11.5 Å². The number of pyridine rings is 1. The van der Waals surface area contributed by atoms with E-state index in [4.69, 9.17) is 9.47 Å². The topological polar surface area (TPSA) is 91.6 Å². The van der Waals surface area contributed by atoms with Gasteiger partial charge in [0.15, 0.2) is 0 Å². The minimum absolute atomic E-state index is 0.0904. The monoisotopic (exact) mass is 400 g/mol. The molecule has 0 spiro atoms. The lowest BCUT2D eigenvalue weighted by Crippen LogP contribution is -2.13. The van der Waals surface area contributed by atoms with Crippen molar-refractivity contribution < 1.29 is 19.2 Å². The van der Waals surface area contributed by atoms with Gasteiger partial charge in [0.1, 0.15) is 16.5 Å². The number of hydrogen-bond donors (Lipinski definition) is 0. The fourth-order valence-electron chi connectivity index (χ4n) is 1.90. The van der Waals surface area contributed by atoms with Gasteiger partial charge in [-0.25, -0.2) is 9.78 Å². The molecule has 0 unspecified atom stereocenters. The summed E-state index contributed by atoms with van der Waals surface area (Å²) in [4.78, 5) is 27.1. The molecule has 0 saturated carbocycles. The van der Waals surface area contributed by atoms with Gasteiger partial charge in [-0.15, -0.1) is 0 Å². The number of non-ortho nitro benzene ring substituents is 1. The van der Waals surface area contributed by atoms with Crippen molar-refractivity contribution in [2.45, 2.75) is 9.92 Å². The van der Waals surface area contributed by atoms with Crippen LogP contribution in [0.1, 0.15) is 0 Å². The van der Waals surface area contributed by atoms with Crippen molar-refractivity contribution in [3.63, 3.8) is 0 Å². The molecule has 0 aliphatic rings. The molecule has 0 saturated heterocycles. The molecule has 3 rings (SSSR count). The fourth-order valence-corrected chi connectivity index (χ4v) is 3.74. The summed E-state index contributed by atoms with van der Waals surface area (Å²) in [5.41, 5.74) is -0.0904. The summed E-state index contributed by atoms with van der Waals surface area (Å²) in [6.07, 6.45) is 0.809. The summed E-state index contributed by atoms with van der Waals surface area (Å²) in [7, 11) is 3.06. The lowest BCUT2D eigenvalue weighted by Gasteiger charge is -2.06. The summed E-state index contributed by atoms with van der Waals surface area (Å²) in [5, 5.41) is 11.5. The zero-order valence-corrected chi connectivity index (χ0v) is 15.3. The van der Waals surface area contributed by atoms with Crippen LogP contribution >= 0.6 is 21.6 Å². The number of benzene rings is 2. The van der Waals surface area contributed by atoms with Crippen molar-refractivity contribution in [2.24, 2.45) is 0 Å². The van der Waals surface area contributed by atoms with E-state index in [1.807, 2.05) is 30.3 Å². The molecule has 0 aliphatic heterocycles. The molecule has 0 radical (unpaired) electrons. The maximum absolute atomic E-state index is 11.8. The second kappa shape index (κ2) is 9.06. The number of carbonyl (C=O) groups is 1. The van der Waals surface area contributed by atoms with Gasteiger partial charge in [-0.05, 0) is 59.3 Å². The van der Waals surface area contributed by atoms with E-state index < -0.39 is 11.1 Å². The maximum Gasteiger partial charge on any atom is 0.519 e. The van der Waals surface area contributed by atoms with Crippen LogP contribution in [-0.2, 0) is 0 Å². The van der Waals surface area contributed by atoms with Gasteiger partial charge in [0.2, 0.25) is 0 Å². The molecule has 7 nitrogen and oxygen atoms in total. The average molecular weight is 400 g/mol. The Kier molecular flexibility index (Phi) is 6.29. The summed E-state index contributed by atoms with van der Waals surface area (Å²) >= 11 is 0. The van der Waals surface area contributed by atoms with Gasteiger partial charge in [-0.2, -0.15) is 0 Å². The van der Waals surface area contributed by atoms with Crippen LogP contribution in [0.25, 0.3) is 0 Å². The predicted octanol–water partition coefficient (Wildman–Crippen LogP) is 5.37. The van der Waals surface area contributed by atoms with Crippen LogP contribution < -0.4 is 9.47 Å². The van der Waals surface area contributed by atoms with Gasteiger partial charge in [0.25, 0.3) is 5.69 Å². The lowest BCUT2D eigenvalue weighted by molar-refractivity contribution is -0.384. The van der Waals surface area contributed by atoms with Crippen molar-refractivity contribution in [1.29, 1.82) is 0 Å². The highest BCUT2D eigenvalue weighted by molar-refractivity contribution is 8.76. The Labute approximate surface area is 162 Å². The average Bonchev–Trinajstić information content (AvgIpc) is 2.68. The van der Waals surface area contributed by atoms with Gasteiger partial charge >= 0.3 is 6.16 Å². The van der Waals surface area contributed by atoms with Crippen molar-refractivity contribution in [1.82, 2.24) is 4.98 Å². The first-order chi connectivity index (χ1) is 13.1. The number of carbonyl (C=O) groups excluding carboxylic acids is 1. The number of nitrogens with zero attached hydrogens (tertiary/aromatic N) is 2. The Hall–Kier alpha value is -3.04. The van der Waals surface area contributed by atoms with E-state index in [2.05, 4.69) is 4.98 Å². The predicted molar refractivity (Wildman–Crippen MR) is 102 cm³/mol. The van der Waals surface area contributed by atoms with Gasteiger partial charge in [-0.1, -0.05) is 16.9 Å². The standard InChI is InChI=1S/C18H12N2O5S2/c21-18(24-14-6-4-13(5-7-14)20(22)23)25-15-8-10-16(11-9-15)26-27-17-3-1-2-12-19-17/h1-12H. The van der Waals surface area contributed by atoms with E-state index in [0.717, 1.165) is 9.92 Å². The lowest BCUT2D eigenvalue weighted by atomic mass is 10.3. The Morgan fingerprint density at radius 3 is 2.07 bits per heavy atom. The molecule has 1 aromatic heterocycles. The highest BCUT2D eigenvalue weighted by atomic mass is 33.1. The fraction of sp³-hybridized carbons (Fsp3) is 0. The zero-order chi connectivity index (χ0) is 19.1. The second-order valence-electron chi connectivity index (χ2n) is 5.01. The van der Waals surface area contributed by atoms with Gasteiger partial charge in [-0.3, -0.25) is 10.1 Å². The molecule has 27 heavy (non-hydrogen) atoms. The van der Waals surface area contributed by atoms with E-state index in [1.54, 1.807) is 18.3 Å². The van der Waals surface area contributed by atoms with Crippen LogP contribution in [0, 0.1) is 10.1 Å². The van der Waals surface area contributed by atoms with Crippen molar-refractivity contribution in [3.05, 3.63) is 83.0 Å². The first kappa shape index (κ1) is 18.7. The summed E-state index contributed by atoms with van der Waals surface area (Å²) in [6.45, 7) is 0. The number of nitro groups is 1. The highest BCUT2D eigenvalue weighted by Crippen LogP contribution is 2.36. The maximum atomic E-state index is 11.8. The SMILES string of the molecule is O=C(Oc1ccc(SSc2ccccn2)cc1)Oc1ccc([N+](=O)[O-])cc1. The second-order valence-corrected chi connectivity index (χ2v) is 7.23. The summed E-state index contributed by atoms with van der Waals surface area (Å²) < 4.78 is 10.1. The van der Waals surface area contributed by atoms with Crippen LogP contribution in [0.3, 0.4) is 0 Å². The van der Waals surface area contributed by atoms with Crippen LogP contribution in [0.2, 0.25) is 0 Å². The van der Waals surface area contributed by atoms with E-state index in [1.165, 1.54) is 45.9 Å².